The van der Waals surface area contributed by atoms with Crippen LogP contribution in [0.5, 0.6) is 0 Å². The number of rotatable bonds is 4. The minimum absolute atomic E-state index is 0.0490. The van der Waals surface area contributed by atoms with Gasteiger partial charge in [-0.3, -0.25) is 4.79 Å². The van der Waals surface area contributed by atoms with Crippen LogP contribution in [0.1, 0.15) is 47.4 Å². The molecule has 0 spiro atoms. The fraction of sp³-hybridized carbons (Fsp3) is 0.643. The highest BCUT2D eigenvalue weighted by molar-refractivity contribution is 9.10. The number of nitrogens with one attached hydrogen (secondary N) is 2. The Bertz CT molecular complexity index is 483. The Morgan fingerprint density at radius 1 is 1.25 bits per heavy atom. The average molecular weight is 343 g/mol. The molecule has 1 rings (SSSR count). The molecule has 0 aliphatic carbocycles. The summed E-state index contributed by atoms with van der Waals surface area (Å²) in [4.78, 5) is 20.7. The Balaban J connectivity index is 2.87. The van der Waals surface area contributed by atoms with E-state index in [2.05, 4.69) is 36.5 Å². The lowest BCUT2D eigenvalue weighted by Gasteiger charge is -2.20. The number of amides is 1. The number of halogens is 1. The summed E-state index contributed by atoms with van der Waals surface area (Å²) in [5, 5.41) is 5.97. The zero-order valence-electron chi connectivity index (χ0n) is 12.9. The molecule has 1 amide bonds. The van der Waals surface area contributed by atoms with Gasteiger partial charge in [0.2, 0.25) is 5.91 Å². The molecule has 0 bridgehead atoms. The Hall–Kier alpha value is -1.17. The van der Waals surface area contributed by atoms with E-state index >= 15 is 0 Å². The molecule has 2 N–H and O–H groups in total. The number of hydrogen-bond donors (Lipinski definition) is 2. The SMILES string of the molecule is CC(C)NC(=O)C(C)Nc1cc(Br)nc(C(C)(C)C)n1. The normalized spacial score (nSPS) is 13.2. The maximum Gasteiger partial charge on any atom is 0.242 e. The molecule has 112 valence electrons. The van der Waals surface area contributed by atoms with Crippen molar-refractivity contribution in [2.45, 2.75) is 59.0 Å². The molecular formula is C14H23BrN4O. The van der Waals surface area contributed by atoms with Crippen LogP contribution >= 0.6 is 15.9 Å². The monoisotopic (exact) mass is 342 g/mol. The number of carbonyl (C=O) groups excluding carboxylic acids is 1. The first-order chi connectivity index (χ1) is 9.09. The van der Waals surface area contributed by atoms with Gasteiger partial charge >= 0.3 is 0 Å². The van der Waals surface area contributed by atoms with E-state index in [1.54, 1.807) is 6.07 Å². The second-order valence-electron chi connectivity index (χ2n) is 6.18. The van der Waals surface area contributed by atoms with E-state index in [1.807, 2.05) is 41.5 Å². The Kier molecular flexibility index (Phi) is 5.50. The second kappa shape index (κ2) is 6.52. The van der Waals surface area contributed by atoms with Crippen molar-refractivity contribution in [3.8, 4) is 0 Å². The number of nitrogens with zero attached hydrogens (tertiary/aromatic N) is 2. The van der Waals surface area contributed by atoms with Gasteiger partial charge in [0.05, 0.1) is 0 Å². The number of hydrogen-bond acceptors (Lipinski definition) is 4. The van der Waals surface area contributed by atoms with Crippen molar-refractivity contribution >= 4 is 27.7 Å². The maximum atomic E-state index is 11.9. The largest absolute Gasteiger partial charge is 0.358 e. The quantitative estimate of drug-likeness (QED) is 0.825. The minimum Gasteiger partial charge on any atom is -0.358 e. The molecular weight excluding hydrogens is 320 g/mol. The number of aromatic nitrogens is 2. The van der Waals surface area contributed by atoms with E-state index in [1.165, 1.54) is 0 Å². The molecule has 0 aliphatic heterocycles. The van der Waals surface area contributed by atoms with E-state index in [0.29, 0.717) is 10.4 Å². The van der Waals surface area contributed by atoms with E-state index in [-0.39, 0.29) is 23.4 Å². The second-order valence-corrected chi connectivity index (χ2v) is 6.99. The topological polar surface area (TPSA) is 66.9 Å². The summed E-state index contributed by atoms with van der Waals surface area (Å²) < 4.78 is 0.705. The van der Waals surface area contributed by atoms with Crippen molar-refractivity contribution in [3.05, 3.63) is 16.5 Å². The summed E-state index contributed by atoms with van der Waals surface area (Å²) in [7, 11) is 0. The Morgan fingerprint density at radius 2 is 1.85 bits per heavy atom. The summed E-state index contributed by atoms with van der Waals surface area (Å²) in [5.41, 5.74) is -0.149. The van der Waals surface area contributed by atoms with Crippen molar-refractivity contribution in [3.63, 3.8) is 0 Å². The first-order valence-corrected chi connectivity index (χ1v) is 7.51. The van der Waals surface area contributed by atoms with Gasteiger partial charge in [-0.05, 0) is 36.7 Å². The van der Waals surface area contributed by atoms with Gasteiger partial charge < -0.3 is 10.6 Å². The summed E-state index contributed by atoms with van der Waals surface area (Å²) in [6.07, 6.45) is 0. The van der Waals surface area contributed by atoms with Gasteiger partial charge in [0.1, 0.15) is 22.3 Å². The lowest BCUT2D eigenvalue weighted by Crippen LogP contribution is -2.41. The highest BCUT2D eigenvalue weighted by atomic mass is 79.9. The molecule has 1 atom stereocenters. The van der Waals surface area contributed by atoms with E-state index in [9.17, 15) is 4.79 Å². The molecule has 0 fully saturated rings. The molecule has 1 unspecified atom stereocenters. The number of carbonyl (C=O) groups is 1. The van der Waals surface area contributed by atoms with Crippen molar-refractivity contribution in [1.29, 1.82) is 0 Å². The third kappa shape index (κ3) is 5.07. The molecule has 5 nitrogen and oxygen atoms in total. The van der Waals surface area contributed by atoms with Crippen molar-refractivity contribution in [2.24, 2.45) is 0 Å². The highest BCUT2D eigenvalue weighted by Gasteiger charge is 2.20. The smallest absolute Gasteiger partial charge is 0.242 e. The van der Waals surface area contributed by atoms with Crippen molar-refractivity contribution in [2.75, 3.05) is 5.32 Å². The molecule has 6 heteroatoms. The molecule has 20 heavy (non-hydrogen) atoms. The van der Waals surface area contributed by atoms with E-state index < -0.39 is 0 Å². The zero-order chi connectivity index (χ0) is 15.5. The van der Waals surface area contributed by atoms with Crippen LogP contribution in [0, 0.1) is 0 Å². The summed E-state index contributed by atoms with van der Waals surface area (Å²) in [5.74, 6) is 1.32. The minimum atomic E-state index is -0.355. The van der Waals surface area contributed by atoms with Crippen LogP contribution in [0.15, 0.2) is 10.7 Å². The van der Waals surface area contributed by atoms with Crippen LogP contribution in [-0.2, 0) is 10.2 Å². The average Bonchev–Trinajstić information content (AvgIpc) is 2.25. The standard InChI is InChI=1S/C14H23BrN4O/c1-8(2)16-12(20)9(3)17-11-7-10(15)18-13(19-11)14(4,5)6/h7-9H,1-6H3,(H,16,20)(H,17,18,19). The predicted octanol–water partition coefficient (Wildman–Crippen LogP) is 2.86. The molecule has 1 aromatic rings. The Labute approximate surface area is 129 Å². The first kappa shape index (κ1) is 16.9. The molecule has 1 heterocycles. The molecule has 0 saturated carbocycles. The van der Waals surface area contributed by atoms with Crippen LogP contribution in [-0.4, -0.2) is 28.0 Å². The number of anilines is 1. The summed E-state index contributed by atoms with van der Waals surface area (Å²) in [6, 6.07) is 1.54. The lowest BCUT2D eigenvalue weighted by atomic mass is 9.96. The van der Waals surface area contributed by atoms with Crippen LogP contribution in [0.2, 0.25) is 0 Å². The zero-order valence-corrected chi connectivity index (χ0v) is 14.5. The van der Waals surface area contributed by atoms with Gasteiger partial charge in [0.25, 0.3) is 0 Å². The third-order valence-electron chi connectivity index (χ3n) is 2.55. The summed E-state index contributed by atoms with van der Waals surface area (Å²) >= 11 is 3.38. The van der Waals surface area contributed by atoms with Gasteiger partial charge in [-0.2, -0.15) is 0 Å². The van der Waals surface area contributed by atoms with Crippen LogP contribution in [0.4, 0.5) is 5.82 Å². The maximum absolute atomic E-state index is 11.9. The first-order valence-electron chi connectivity index (χ1n) is 6.71. The fourth-order valence-electron chi connectivity index (χ4n) is 1.52. The molecule has 0 radical (unpaired) electrons. The molecule has 0 saturated heterocycles. The van der Waals surface area contributed by atoms with Gasteiger partial charge in [-0.1, -0.05) is 20.8 Å². The fourth-order valence-corrected chi connectivity index (χ4v) is 1.91. The molecule has 0 aliphatic rings. The lowest BCUT2D eigenvalue weighted by molar-refractivity contribution is -0.122. The third-order valence-corrected chi connectivity index (χ3v) is 2.96. The van der Waals surface area contributed by atoms with Gasteiger partial charge in [0.15, 0.2) is 0 Å². The molecule has 0 aromatic carbocycles. The van der Waals surface area contributed by atoms with E-state index in [4.69, 9.17) is 0 Å². The predicted molar refractivity (Wildman–Crippen MR) is 84.8 cm³/mol. The molecule has 1 aromatic heterocycles. The van der Waals surface area contributed by atoms with Gasteiger partial charge in [-0.25, -0.2) is 9.97 Å². The van der Waals surface area contributed by atoms with Crippen LogP contribution in [0.3, 0.4) is 0 Å². The van der Waals surface area contributed by atoms with Crippen LogP contribution < -0.4 is 10.6 Å². The van der Waals surface area contributed by atoms with Crippen molar-refractivity contribution < 1.29 is 4.79 Å². The summed E-state index contributed by atoms with van der Waals surface area (Å²) in [6.45, 7) is 11.8. The highest BCUT2D eigenvalue weighted by Crippen LogP contribution is 2.22. The van der Waals surface area contributed by atoms with Crippen LogP contribution in [0.25, 0.3) is 0 Å². The van der Waals surface area contributed by atoms with Crippen molar-refractivity contribution in [1.82, 2.24) is 15.3 Å². The van der Waals surface area contributed by atoms with Gasteiger partial charge in [-0.15, -0.1) is 0 Å². The Morgan fingerprint density at radius 3 is 2.35 bits per heavy atom. The van der Waals surface area contributed by atoms with E-state index in [0.717, 1.165) is 5.82 Å². The van der Waals surface area contributed by atoms with Gasteiger partial charge in [0, 0.05) is 17.5 Å².